The van der Waals surface area contributed by atoms with Crippen molar-refractivity contribution in [1.29, 1.82) is 0 Å². The molecule has 0 saturated heterocycles. The Bertz CT molecular complexity index is 1420. The Hall–Kier alpha value is -3.01. The van der Waals surface area contributed by atoms with Gasteiger partial charge in [0.15, 0.2) is 11.6 Å². The van der Waals surface area contributed by atoms with E-state index in [0.717, 1.165) is 0 Å². The van der Waals surface area contributed by atoms with Crippen LogP contribution >= 0.6 is 23.2 Å². The number of hydrogen-bond donors (Lipinski definition) is 2. The number of hydrogen-bond acceptors (Lipinski definition) is 6. The van der Waals surface area contributed by atoms with Gasteiger partial charge in [-0.3, -0.25) is 4.72 Å². The number of nitrogens with one attached hydrogen (secondary N) is 2. The summed E-state index contributed by atoms with van der Waals surface area (Å²) in [4.78, 5) is 12.3. The van der Waals surface area contributed by atoms with Gasteiger partial charge in [-0.15, -0.1) is 0 Å². The van der Waals surface area contributed by atoms with Gasteiger partial charge < -0.3 is 5.32 Å². The van der Waals surface area contributed by atoms with E-state index in [1.54, 1.807) is 25.1 Å². The van der Waals surface area contributed by atoms with Crippen molar-refractivity contribution in [1.82, 2.24) is 15.0 Å². The van der Waals surface area contributed by atoms with Crippen LogP contribution < -0.4 is 10.0 Å². The molecule has 0 fully saturated rings. The Balaban J connectivity index is 1.70. The number of rotatable bonds is 5. The van der Waals surface area contributed by atoms with Gasteiger partial charge in [0.1, 0.15) is 17.0 Å². The van der Waals surface area contributed by atoms with Gasteiger partial charge in [0.25, 0.3) is 10.0 Å². The summed E-state index contributed by atoms with van der Waals surface area (Å²) >= 11 is 12.0. The van der Waals surface area contributed by atoms with Crippen LogP contribution in [0.5, 0.6) is 0 Å². The minimum atomic E-state index is -4.08. The van der Waals surface area contributed by atoms with E-state index in [2.05, 4.69) is 25.0 Å². The molecule has 0 bridgehead atoms. The van der Waals surface area contributed by atoms with E-state index >= 15 is 4.39 Å². The number of halogens is 3. The van der Waals surface area contributed by atoms with Gasteiger partial charge in [-0.05, 0) is 48.9 Å². The number of nitrogens with zero attached hydrogens (tertiary/aromatic N) is 3. The second-order valence-electron chi connectivity index (χ2n) is 6.48. The van der Waals surface area contributed by atoms with Crippen molar-refractivity contribution >= 4 is 61.5 Å². The van der Waals surface area contributed by atoms with Crippen LogP contribution in [0.1, 0.15) is 5.56 Å². The Labute approximate surface area is 187 Å². The number of fused-ring (bicyclic) bond motifs is 1. The third-order valence-corrected chi connectivity index (χ3v) is 6.58. The van der Waals surface area contributed by atoms with Crippen LogP contribution in [0, 0.1) is 12.7 Å². The predicted octanol–water partition coefficient (Wildman–Crippen LogP) is 5.32. The minimum Gasteiger partial charge on any atom is -0.336 e. The first kappa shape index (κ1) is 21.2. The van der Waals surface area contributed by atoms with Crippen molar-refractivity contribution in [2.24, 2.45) is 0 Å². The van der Waals surface area contributed by atoms with Gasteiger partial charge in [0.05, 0.1) is 21.8 Å². The van der Waals surface area contributed by atoms with Crippen molar-refractivity contribution in [3.05, 3.63) is 76.4 Å². The molecule has 0 spiro atoms. The molecule has 2 aromatic heterocycles. The average Bonchev–Trinajstić information content (AvgIpc) is 2.73. The lowest BCUT2D eigenvalue weighted by molar-refractivity contribution is 0.598. The number of sulfonamides is 1. The summed E-state index contributed by atoms with van der Waals surface area (Å²) in [6.45, 7) is 1.57. The fraction of sp³-hybridized carbons (Fsp3) is 0.0500. The van der Waals surface area contributed by atoms with E-state index in [4.69, 9.17) is 23.2 Å². The molecule has 11 heteroatoms. The van der Waals surface area contributed by atoms with Gasteiger partial charge in [-0.1, -0.05) is 35.3 Å². The van der Waals surface area contributed by atoms with Gasteiger partial charge in [0, 0.05) is 5.02 Å². The summed E-state index contributed by atoms with van der Waals surface area (Å²) in [7, 11) is -4.08. The second-order valence-corrected chi connectivity index (χ2v) is 8.93. The van der Waals surface area contributed by atoms with E-state index in [1.807, 2.05) is 0 Å². The third kappa shape index (κ3) is 4.25. The minimum absolute atomic E-state index is 0.00945. The van der Waals surface area contributed by atoms with Crippen LogP contribution in [0.2, 0.25) is 10.2 Å². The quantitative estimate of drug-likeness (QED) is 0.377. The normalized spacial score (nSPS) is 11.5. The molecule has 0 aliphatic heterocycles. The topological polar surface area (TPSA) is 96.9 Å². The highest BCUT2D eigenvalue weighted by molar-refractivity contribution is 7.92. The Kier molecular flexibility index (Phi) is 5.65. The first-order valence-electron chi connectivity index (χ1n) is 8.87. The molecular formula is C20H14Cl2FN5O2S. The van der Waals surface area contributed by atoms with Gasteiger partial charge in [-0.25, -0.2) is 27.8 Å². The third-order valence-electron chi connectivity index (χ3n) is 4.45. The fourth-order valence-electron chi connectivity index (χ4n) is 2.92. The van der Waals surface area contributed by atoms with E-state index in [-0.39, 0.29) is 27.2 Å². The van der Waals surface area contributed by atoms with Gasteiger partial charge in [-0.2, -0.15) is 0 Å². The zero-order valence-electron chi connectivity index (χ0n) is 15.9. The van der Waals surface area contributed by atoms with Crippen LogP contribution in [0.4, 0.5) is 21.6 Å². The molecule has 7 nitrogen and oxygen atoms in total. The maximum atomic E-state index is 15.2. The maximum Gasteiger partial charge on any atom is 0.262 e. The summed E-state index contributed by atoms with van der Waals surface area (Å²) in [5.74, 6) is -0.600. The predicted molar refractivity (Wildman–Crippen MR) is 119 cm³/mol. The molecule has 2 heterocycles. The first-order valence-corrected chi connectivity index (χ1v) is 11.1. The molecular weight excluding hydrogens is 464 g/mol. The second kappa shape index (κ2) is 8.26. The summed E-state index contributed by atoms with van der Waals surface area (Å²) in [5, 5.41) is 3.34. The monoisotopic (exact) mass is 477 g/mol. The molecule has 0 saturated carbocycles. The number of anilines is 3. The van der Waals surface area contributed by atoms with Crippen LogP contribution in [-0.4, -0.2) is 23.4 Å². The summed E-state index contributed by atoms with van der Waals surface area (Å²) in [6, 6.07) is 12.0. The van der Waals surface area contributed by atoms with Crippen LogP contribution in [0.15, 0.2) is 59.8 Å². The van der Waals surface area contributed by atoms with Crippen LogP contribution in [-0.2, 0) is 10.0 Å². The van der Waals surface area contributed by atoms with Crippen molar-refractivity contribution in [2.75, 3.05) is 10.0 Å². The summed E-state index contributed by atoms with van der Waals surface area (Å²) in [6.07, 6.45) is 1.30. The number of aromatic nitrogens is 3. The van der Waals surface area contributed by atoms with Gasteiger partial charge >= 0.3 is 0 Å². The molecule has 0 unspecified atom stereocenters. The molecule has 2 aromatic carbocycles. The Morgan fingerprint density at radius 3 is 2.52 bits per heavy atom. The van der Waals surface area contributed by atoms with Crippen molar-refractivity contribution < 1.29 is 12.8 Å². The average molecular weight is 478 g/mol. The molecule has 0 radical (unpaired) electrons. The summed E-state index contributed by atoms with van der Waals surface area (Å²) in [5.41, 5.74) is 0.964. The standard InChI is InChI=1S/C20H14Cl2FN5O2S/c1-11-12(21)4-2-7-16(11)31(29,30)28-14-6-3-5-13(18(14)23)26-20-19-15(24-10-25-20)8-9-17(22)27-19/h2-10,28H,1H3,(H,24,25,26). The smallest absolute Gasteiger partial charge is 0.262 e. The highest BCUT2D eigenvalue weighted by Gasteiger charge is 2.21. The van der Waals surface area contributed by atoms with E-state index in [9.17, 15) is 8.42 Å². The van der Waals surface area contributed by atoms with E-state index < -0.39 is 15.8 Å². The molecule has 0 aliphatic rings. The van der Waals surface area contributed by atoms with Crippen molar-refractivity contribution in [2.45, 2.75) is 11.8 Å². The lowest BCUT2D eigenvalue weighted by Gasteiger charge is -2.14. The van der Waals surface area contributed by atoms with Crippen molar-refractivity contribution in [3.8, 4) is 0 Å². The molecule has 4 aromatic rings. The highest BCUT2D eigenvalue weighted by atomic mass is 35.5. The van der Waals surface area contributed by atoms with Crippen LogP contribution in [0.3, 0.4) is 0 Å². The van der Waals surface area contributed by atoms with E-state index in [0.29, 0.717) is 21.6 Å². The van der Waals surface area contributed by atoms with Gasteiger partial charge in [0.2, 0.25) is 0 Å². The number of benzene rings is 2. The molecule has 158 valence electrons. The largest absolute Gasteiger partial charge is 0.336 e. The molecule has 0 aliphatic carbocycles. The molecule has 31 heavy (non-hydrogen) atoms. The number of pyridine rings is 1. The van der Waals surface area contributed by atoms with Crippen molar-refractivity contribution in [3.63, 3.8) is 0 Å². The first-order chi connectivity index (χ1) is 14.8. The fourth-order valence-corrected chi connectivity index (χ4v) is 4.63. The van der Waals surface area contributed by atoms with E-state index in [1.165, 1.54) is 36.7 Å². The molecule has 4 rings (SSSR count). The lowest BCUT2D eigenvalue weighted by Crippen LogP contribution is -2.15. The molecule has 2 N–H and O–H groups in total. The molecule has 0 atom stereocenters. The lowest BCUT2D eigenvalue weighted by atomic mass is 10.2. The SMILES string of the molecule is Cc1c(Cl)cccc1S(=O)(=O)Nc1cccc(Nc2ncnc3ccc(Cl)nc23)c1F. The maximum absolute atomic E-state index is 15.2. The zero-order valence-corrected chi connectivity index (χ0v) is 18.2. The molecule has 0 amide bonds. The zero-order chi connectivity index (χ0) is 22.2. The Morgan fingerprint density at radius 1 is 0.968 bits per heavy atom. The summed E-state index contributed by atoms with van der Waals surface area (Å²) < 4.78 is 43.0. The van der Waals surface area contributed by atoms with Crippen LogP contribution in [0.25, 0.3) is 11.0 Å². The Morgan fingerprint density at radius 2 is 1.71 bits per heavy atom. The highest BCUT2D eigenvalue weighted by Crippen LogP contribution is 2.30.